The number of carbonyl (C=O) groups is 2. The van der Waals surface area contributed by atoms with Gasteiger partial charge in [-0.15, -0.1) is 0 Å². The summed E-state index contributed by atoms with van der Waals surface area (Å²) in [5.41, 5.74) is 0.566. The first-order valence-electron chi connectivity index (χ1n) is 6.61. The molecule has 0 saturated carbocycles. The van der Waals surface area contributed by atoms with Gasteiger partial charge in [-0.1, -0.05) is 13.8 Å². The third kappa shape index (κ3) is 2.90. The number of nitrogens with zero attached hydrogens (tertiary/aromatic N) is 1. The van der Waals surface area contributed by atoms with Gasteiger partial charge in [-0.3, -0.25) is 14.9 Å². The van der Waals surface area contributed by atoms with Crippen LogP contribution in [0.4, 0.5) is 5.69 Å². The average Bonchev–Trinajstić information content (AvgIpc) is 2.82. The second-order valence-corrected chi connectivity index (χ2v) is 5.14. The van der Waals surface area contributed by atoms with E-state index in [2.05, 4.69) is 10.3 Å². The van der Waals surface area contributed by atoms with Gasteiger partial charge in [0, 0.05) is 41.1 Å². The molecule has 116 valence electrons. The molecule has 1 aromatic carbocycles. The highest BCUT2D eigenvalue weighted by Gasteiger charge is 2.20. The number of aromatic carboxylic acids is 1. The Morgan fingerprint density at radius 1 is 1.41 bits per heavy atom. The Morgan fingerprint density at radius 2 is 2.09 bits per heavy atom. The smallest absolute Gasteiger partial charge is 0.352 e. The van der Waals surface area contributed by atoms with Gasteiger partial charge in [-0.25, -0.2) is 4.79 Å². The predicted octanol–water partition coefficient (Wildman–Crippen LogP) is 2.05. The fourth-order valence-electron chi connectivity index (χ4n) is 2.10. The van der Waals surface area contributed by atoms with Crippen LogP contribution in [0.1, 0.15) is 29.9 Å². The maximum Gasteiger partial charge on any atom is 0.352 e. The van der Waals surface area contributed by atoms with Crippen molar-refractivity contribution in [2.75, 3.05) is 0 Å². The van der Waals surface area contributed by atoms with Gasteiger partial charge in [-0.05, 0) is 6.07 Å². The Balaban J connectivity index is 2.49. The van der Waals surface area contributed by atoms with Crippen molar-refractivity contribution < 1.29 is 19.6 Å². The monoisotopic (exact) mass is 305 g/mol. The van der Waals surface area contributed by atoms with E-state index >= 15 is 0 Å². The lowest BCUT2D eigenvalue weighted by atomic mass is 10.1. The minimum absolute atomic E-state index is 0.0141. The van der Waals surface area contributed by atoms with Crippen molar-refractivity contribution in [3.8, 4) is 0 Å². The predicted molar refractivity (Wildman–Crippen MR) is 78.6 cm³/mol. The normalized spacial score (nSPS) is 10.9. The number of carboxylic acids is 1. The summed E-state index contributed by atoms with van der Waals surface area (Å²) in [4.78, 5) is 36.0. The fraction of sp³-hybridized carbons (Fsp3) is 0.286. The Labute approximate surface area is 125 Å². The Bertz CT molecular complexity index is 763. The van der Waals surface area contributed by atoms with Crippen molar-refractivity contribution in [1.82, 2.24) is 10.3 Å². The van der Waals surface area contributed by atoms with Gasteiger partial charge in [0.25, 0.3) is 5.69 Å². The van der Waals surface area contributed by atoms with Crippen molar-refractivity contribution in [2.45, 2.75) is 20.4 Å². The number of rotatable bonds is 5. The van der Waals surface area contributed by atoms with Crippen LogP contribution in [-0.4, -0.2) is 26.9 Å². The molecule has 8 heteroatoms. The molecule has 0 atom stereocenters. The zero-order valence-electron chi connectivity index (χ0n) is 12.0. The number of nitro benzene ring substituents is 1. The molecular weight excluding hydrogens is 290 g/mol. The number of hydrogen-bond acceptors (Lipinski definition) is 4. The standard InChI is InChI=1S/C14H15N3O5/c1-7(2)13(18)15-6-10-9-5-8(17(21)22)3-4-11(9)16-12(10)14(19)20/h3-5,7,16H,6H2,1-2H3,(H,15,18)(H,19,20). The third-order valence-corrected chi connectivity index (χ3v) is 3.28. The van der Waals surface area contributed by atoms with Crippen molar-refractivity contribution in [2.24, 2.45) is 5.92 Å². The van der Waals surface area contributed by atoms with Gasteiger partial charge in [-0.2, -0.15) is 0 Å². The molecule has 2 rings (SSSR count). The summed E-state index contributed by atoms with van der Waals surface area (Å²) in [6.45, 7) is 3.42. The fourth-order valence-corrected chi connectivity index (χ4v) is 2.10. The number of aromatic amines is 1. The maximum absolute atomic E-state index is 11.7. The summed E-state index contributed by atoms with van der Waals surface area (Å²) < 4.78 is 0. The SMILES string of the molecule is CC(C)C(=O)NCc1c(C(=O)O)[nH]c2ccc([N+](=O)[O-])cc12. The second kappa shape index (κ2) is 5.84. The van der Waals surface area contributed by atoms with E-state index in [0.717, 1.165) is 0 Å². The van der Waals surface area contributed by atoms with Gasteiger partial charge in [0.1, 0.15) is 5.69 Å². The first-order valence-corrected chi connectivity index (χ1v) is 6.61. The highest BCUT2D eigenvalue weighted by molar-refractivity contribution is 5.98. The number of nitro groups is 1. The Hall–Kier alpha value is -2.90. The molecule has 0 aliphatic carbocycles. The number of H-pyrrole nitrogens is 1. The molecule has 0 unspecified atom stereocenters. The molecule has 1 heterocycles. The van der Waals surface area contributed by atoms with Gasteiger partial charge in [0.05, 0.1) is 4.92 Å². The molecule has 1 amide bonds. The largest absolute Gasteiger partial charge is 0.477 e. The quantitative estimate of drug-likeness (QED) is 0.575. The molecule has 0 fully saturated rings. The number of carboxylic acid groups (broad SMARTS) is 1. The van der Waals surface area contributed by atoms with E-state index in [4.69, 9.17) is 0 Å². The van der Waals surface area contributed by atoms with E-state index in [1.807, 2.05) is 0 Å². The van der Waals surface area contributed by atoms with Gasteiger partial charge < -0.3 is 15.4 Å². The van der Waals surface area contributed by atoms with Crippen LogP contribution < -0.4 is 5.32 Å². The van der Waals surface area contributed by atoms with E-state index in [0.29, 0.717) is 16.5 Å². The number of non-ortho nitro benzene ring substituents is 1. The lowest BCUT2D eigenvalue weighted by molar-refractivity contribution is -0.384. The first-order chi connectivity index (χ1) is 10.3. The number of fused-ring (bicyclic) bond motifs is 1. The molecule has 1 aromatic heterocycles. The van der Waals surface area contributed by atoms with E-state index in [1.165, 1.54) is 18.2 Å². The number of nitrogens with one attached hydrogen (secondary N) is 2. The summed E-state index contributed by atoms with van der Waals surface area (Å²) in [5.74, 6) is -1.66. The Morgan fingerprint density at radius 3 is 2.64 bits per heavy atom. The summed E-state index contributed by atoms with van der Waals surface area (Å²) in [5, 5.41) is 23.1. The number of carbonyl (C=O) groups excluding carboxylic acids is 1. The molecule has 0 aliphatic heterocycles. The second-order valence-electron chi connectivity index (χ2n) is 5.14. The highest BCUT2D eigenvalue weighted by atomic mass is 16.6. The van der Waals surface area contributed by atoms with E-state index in [-0.39, 0.29) is 29.8 Å². The lowest BCUT2D eigenvalue weighted by Crippen LogP contribution is -2.27. The lowest BCUT2D eigenvalue weighted by Gasteiger charge is -2.07. The highest BCUT2D eigenvalue weighted by Crippen LogP contribution is 2.26. The van der Waals surface area contributed by atoms with Gasteiger partial charge in [0.15, 0.2) is 0 Å². The van der Waals surface area contributed by atoms with Crippen LogP contribution in [0.25, 0.3) is 10.9 Å². The summed E-state index contributed by atoms with van der Waals surface area (Å²) in [6, 6.07) is 4.05. The van der Waals surface area contributed by atoms with Crippen LogP contribution >= 0.6 is 0 Å². The number of benzene rings is 1. The zero-order valence-corrected chi connectivity index (χ0v) is 12.0. The van der Waals surface area contributed by atoms with E-state index in [9.17, 15) is 24.8 Å². The molecule has 0 aliphatic rings. The van der Waals surface area contributed by atoms with Crippen molar-refractivity contribution in [1.29, 1.82) is 0 Å². The average molecular weight is 305 g/mol. The molecule has 0 spiro atoms. The summed E-state index contributed by atoms with van der Waals surface area (Å²) >= 11 is 0. The first kappa shape index (κ1) is 15.5. The maximum atomic E-state index is 11.7. The molecule has 22 heavy (non-hydrogen) atoms. The van der Waals surface area contributed by atoms with Crippen LogP contribution in [0.5, 0.6) is 0 Å². The number of aromatic nitrogens is 1. The topological polar surface area (TPSA) is 125 Å². The number of hydrogen-bond donors (Lipinski definition) is 3. The van der Waals surface area contributed by atoms with Crippen molar-refractivity contribution in [3.05, 3.63) is 39.6 Å². The molecule has 0 saturated heterocycles. The van der Waals surface area contributed by atoms with Gasteiger partial charge >= 0.3 is 5.97 Å². The minimum atomic E-state index is -1.19. The van der Waals surface area contributed by atoms with Crippen LogP contribution in [-0.2, 0) is 11.3 Å². The minimum Gasteiger partial charge on any atom is -0.477 e. The zero-order chi connectivity index (χ0) is 16.4. The van der Waals surface area contributed by atoms with Crippen molar-refractivity contribution >= 4 is 28.5 Å². The Kier molecular flexibility index (Phi) is 4.11. The van der Waals surface area contributed by atoms with Crippen LogP contribution in [0.2, 0.25) is 0 Å². The molecule has 0 radical (unpaired) electrons. The third-order valence-electron chi connectivity index (χ3n) is 3.28. The van der Waals surface area contributed by atoms with Crippen LogP contribution in [0.15, 0.2) is 18.2 Å². The van der Waals surface area contributed by atoms with Crippen LogP contribution in [0.3, 0.4) is 0 Å². The van der Waals surface area contributed by atoms with E-state index in [1.54, 1.807) is 13.8 Å². The van der Waals surface area contributed by atoms with Gasteiger partial charge in [0.2, 0.25) is 5.91 Å². The van der Waals surface area contributed by atoms with Crippen molar-refractivity contribution in [3.63, 3.8) is 0 Å². The van der Waals surface area contributed by atoms with Crippen LogP contribution in [0, 0.1) is 16.0 Å². The molecule has 8 nitrogen and oxygen atoms in total. The molecule has 2 aromatic rings. The van der Waals surface area contributed by atoms with E-state index < -0.39 is 10.9 Å². The summed E-state index contributed by atoms with van der Waals surface area (Å²) in [7, 11) is 0. The molecular formula is C14H15N3O5. The number of amides is 1. The summed E-state index contributed by atoms with van der Waals surface area (Å²) in [6.07, 6.45) is 0. The molecule has 0 bridgehead atoms. The molecule has 3 N–H and O–H groups in total.